The SMILES string of the molecule is C=C(c1cc2c(c(/N=C/c3cc4ccccc4n3CC3CC3)c1)N(C)CCC2)N1CCCC(N)C1. The second-order valence-electron chi connectivity index (χ2n) is 10.8. The zero-order valence-electron chi connectivity index (χ0n) is 20.9. The van der Waals surface area contributed by atoms with Crippen LogP contribution in [0, 0.1) is 5.92 Å². The van der Waals surface area contributed by atoms with Gasteiger partial charge in [-0.2, -0.15) is 0 Å². The number of hydrogen-bond donors (Lipinski definition) is 1. The van der Waals surface area contributed by atoms with Gasteiger partial charge in [0.25, 0.3) is 0 Å². The number of aryl methyl sites for hydroxylation is 1. The van der Waals surface area contributed by atoms with Crippen molar-refractivity contribution in [3.05, 3.63) is 65.9 Å². The van der Waals surface area contributed by atoms with E-state index in [-0.39, 0.29) is 6.04 Å². The molecule has 1 saturated carbocycles. The van der Waals surface area contributed by atoms with Gasteiger partial charge in [-0.1, -0.05) is 24.8 Å². The maximum absolute atomic E-state index is 6.28. The first-order valence-corrected chi connectivity index (χ1v) is 13.3. The normalized spacial score (nSPS) is 20.6. The highest BCUT2D eigenvalue weighted by atomic mass is 15.2. The summed E-state index contributed by atoms with van der Waals surface area (Å²) < 4.78 is 2.46. The Hall–Kier alpha value is -3.05. The molecule has 1 atom stereocenters. The predicted molar refractivity (Wildman–Crippen MR) is 148 cm³/mol. The average molecular weight is 468 g/mol. The van der Waals surface area contributed by atoms with E-state index in [0.29, 0.717) is 0 Å². The Labute approximate surface area is 208 Å². The third kappa shape index (κ3) is 4.50. The van der Waals surface area contributed by atoms with Crippen LogP contribution >= 0.6 is 0 Å². The largest absolute Gasteiger partial charge is 0.373 e. The molecule has 2 N–H and O–H groups in total. The summed E-state index contributed by atoms with van der Waals surface area (Å²) >= 11 is 0. The number of aromatic nitrogens is 1. The van der Waals surface area contributed by atoms with E-state index in [4.69, 9.17) is 10.7 Å². The smallest absolute Gasteiger partial charge is 0.0873 e. The summed E-state index contributed by atoms with van der Waals surface area (Å²) in [6.45, 7) is 8.56. The highest BCUT2D eigenvalue weighted by Gasteiger charge is 2.25. The summed E-state index contributed by atoms with van der Waals surface area (Å²) in [6, 6.07) is 15.8. The van der Waals surface area contributed by atoms with Crippen molar-refractivity contribution in [1.82, 2.24) is 9.47 Å². The number of benzene rings is 2. The molecule has 1 unspecified atom stereocenters. The molecule has 2 aromatic carbocycles. The van der Waals surface area contributed by atoms with Gasteiger partial charge in [0.15, 0.2) is 0 Å². The van der Waals surface area contributed by atoms with Gasteiger partial charge < -0.3 is 20.1 Å². The van der Waals surface area contributed by atoms with Crippen LogP contribution in [0.4, 0.5) is 11.4 Å². The summed E-state index contributed by atoms with van der Waals surface area (Å²) in [5, 5.41) is 1.29. The standard InChI is InChI=1S/C30H37N5/c1-21(34-14-6-9-26(31)20-34)25-15-24-8-5-13-33(2)30(24)28(17-25)32-18-27-16-23-7-3-4-10-29(23)35(27)19-22-11-12-22/h3-4,7,10,15-18,22,26H,1,5-6,8-9,11-14,19-20,31H2,2H3/b32-18+. The van der Waals surface area contributed by atoms with E-state index in [1.54, 1.807) is 0 Å². The lowest BCUT2D eigenvalue weighted by molar-refractivity contribution is 0.296. The van der Waals surface area contributed by atoms with Crippen LogP contribution in [0.25, 0.3) is 16.6 Å². The number of piperidine rings is 1. The highest BCUT2D eigenvalue weighted by molar-refractivity contribution is 5.92. The van der Waals surface area contributed by atoms with E-state index < -0.39 is 0 Å². The Morgan fingerprint density at radius 3 is 2.80 bits per heavy atom. The fourth-order valence-electron chi connectivity index (χ4n) is 5.87. The number of fused-ring (bicyclic) bond motifs is 2. The number of hydrogen-bond acceptors (Lipinski definition) is 4. The van der Waals surface area contributed by atoms with Crippen molar-refractivity contribution in [2.24, 2.45) is 16.6 Å². The molecule has 3 aliphatic rings. The van der Waals surface area contributed by atoms with Crippen LogP contribution in [0.15, 0.2) is 54.0 Å². The molecule has 1 saturated heterocycles. The first kappa shape index (κ1) is 22.4. The second kappa shape index (κ2) is 9.19. The fourth-order valence-corrected chi connectivity index (χ4v) is 5.87. The summed E-state index contributed by atoms with van der Waals surface area (Å²) in [7, 11) is 2.19. The fraction of sp³-hybridized carbons (Fsp3) is 0.433. The lowest BCUT2D eigenvalue weighted by atomic mass is 9.96. The van der Waals surface area contributed by atoms with Crippen molar-refractivity contribution >= 4 is 34.2 Å². The Morgan fingerprint density at radius 2 is 1.97 bits per heavy atom. The van der Waals surface area contributed by atoms with Crippen molar-refractivity contribution in [1.29, 1.82) is 0 Å². The molecule has 35 heavy (non-hydrogen) atoms. The van der Waals surface area contributed by atoms with E-state index in [1.165, 1.54) is 52.7 Å². The molecule has 2 aliphatic heterocycles. The molecule has 1 aliphatic carbocycles. The highest BCUT2D eigenvalue weighted by Crippen LogP contribution is 2.39. The summed E-state index contributed by atoms with van der Waals surface area (Å²) in [5.74, 6) is 0.805. The van der Waals surface area contributed by atoms with Gasteiger partial charge in [-0.3, -0.25) is 4.99 Å². The van der Waals surface area contributed by atoms with E-state index in [0.717, 1.165) is 62.7 Å². The molecule has 1 aromatic heterocycles. The van der Waals surface area contributed by atoms with Crippen LogP contribution in [0.5, 0.6) is 0 Å². The van der Waals surface area contributed by atoms with Crippen LogP contribution < -0.4 is 10.6 Å². The molecular weight excluding hydrogens is 430 g/mol. The number of likely N-dealkylation sites (tertiary alicyclic amines) is 1. The van der Waals surface area contributed by atoms with Crippen LogP contribution in [0.3, 0.4) is 0 Å². The molecule has 0 radical (unpaired) electrons. The minimum Gasteiger partial charge on any atom is -0.373 e. The second-order valence-corrected chi connectivity index (χ2v) is 10.8. The Morgan fingerprint density at radius 1 is 1.11 bits per heavy atom. The molecule has 3 aromatic rings. The van der Waals surface area contributed by atoms with Crippen LogP contribution in [0.1, 0.15) is 48.9 Å². The van der Waals surface area contributed by atoms with Crippen LogP contribution in [-0.2, 0) is 13.0 Å². The first-order chi connectivity index (χ1) is 17.1. The van der Waals surface area contributed by atoms with E-state index in [2.05, 4.69) is 76.7 Å². The molecule has 3 heterocycles. The Kier molecular flexibility index (Phi) is 5.89. The molecule has 5 heteroatoms. The third-order valence-electron chi connectivity index (χ3n) is 7.98. The molecule has 0 spiro atoms. The predicted octanol–water partition coefficient (Wildman–Crippen LogP) is 5.58. The zero-order valence-corrected chi connectivity index (χ0v) is 20.9. The number of rotatable bonds is 6. The summed E-state index contributed by atoms with van der Waals surface area (Å²) in [4.78, 5) is 9.89. The first-order valence-electron chi connectivity index (χ1n) is 13.3. The molecule has 0 amide bonds. The van der Waals surface area contributed by atoms with Crippen molar-refractivity contribution in [3.63, 3.8) is 0 Å². The topological polar surface area (TPSA) is 49.8 Å². The van der Waals surface area contributed by atoms with Gasteiger partial charge >= 0.3 is 0 Å². The van der Waals surface area contributed by atoms with E-state index in [1.807, 2.05) is 0 Å². The monoisotopic (exact) mass is 467 g/mol. The number of nitrogens with two attached hydrogens (primary N) is 1. The molecule has 2 fully saturated rings. The lowest BCUT2D eigenvalue weighted by Crippen LogP contribution is -2.41. The number of nitrogens with zero attached hydrogens (tertiary/aromatic N) is 4. The van der Waals surface area contributed by atoms with Crippen LogP contribution in [-0.4, -0.2) is 48.4 Å². The Balaban J connectivity index is 1.39. The maximum Gasteiger partial charge on any atom is 0.0873 e. The summed E-state index contributed by atoms with van der Waals surface area (Å²) in [6.07, 6.45) is 9.26. The lowest BCUT2D eigenvalue weighted by Gasteiger charge is -2.35. The van der Waals surface area contributed by atoms with Gasteiger partial charge in [0.05, 0.1) is 23.3 Å². The number of aliphatic imine (C=N–C) groups is 1. The van der Waals surface area contributed by atoms with Gasteiger partial charge in [-0.15, -0.1) is 0 Å². The summed E-state index contributed by atoms with van der Waals surface area (Å²) in [5.41, 5.74) is 14.7. The van der Waals surface area contributed by atoms with Crippen molar-refractivity contribution < 1.29 is 0 Å². The van der Waals surface area contributed by atoms with E-state index in [9.17, 15) is 0 Å². The van der Waals surface area contributed by atoms with Crippen LogP contribution in [0.2, 0.25) is 0 Å². The maximum atomic E-state index is 6.28. The molecule has 5 nitrogen and oxygen atoms in total. The number of para-hydroxylation sites is 1. The minimum absolute atomic E-state index is 0.232. The molecule has 6 rings (SSSR count). The quantitative estimate of drug-likeness (QED) is 0.482. The van der Waals surface area contributed by atoms with E-state index >= 15 is 0 Å². The van der Waals surface area contributed by atoms with Crippen molar-refractivity contribution in [2.75, 3.05) is 31.6 Å². The van der Waals surface area contributed by atoms with Gasteiger partial charge in [0, 0.05) is 55.9 Å². The minimum atomic E-state index is 0.232. The van der Waals surface area contributed by atoms with Gasteiger partial charge in [-0.25, -0.2) is 0 Å². The third-order valence-corrected chi connectivity index (χ3v) is 7.98. The van der Waals surface area contributed by atoms with Gasteiger partial charge in [-0.05, 0) is 79.8 Å². The molecular formula is C30H37N5. The Bertz CT molecular complexity index is 1280. The molecule has 182 valence electrons. The van der Waals surface area contributed by atoms with Gasteiger partial charge in [0.1, 0.15) is 0 Å². The zero-order chi connectivity index (χ0) is 23.9. The van der Waals surface area contributed by atoms with Crippen molar-refractivity contribution in [2.45, 2.75) is 51.1 Å². The van der Waals surface area contributed by atoms with Gasteiger partial charge in [0.2, 0.25) is 0 Å². The number of anilines is 1. The molecule has 0 bridgehead atoms. The van der Waals surface area contributed by atoms with Crippen molar-refractivity contribution in [3.8, 4) is 0 Å². The average Bonchev–Trinajstić information content (AvgIpc) is 3.62.